The molecule has 1 aliphatic rings. The maximum Gasteiger partial charge on any atom is 0.409 e. The summed E-state index contributed by atoms with van der Waals surface area (Å²) < 4.78 is 4.96. The minimum absolute atomic E-state index is 0.201. The number of hydrogen-bond acceptors (Lipinski definition) is 5. The molecule has 0 aliphatic carbocycles. The summed E-state index contributed by atoms with van der Waals surface area (Å²) in [5.41, 5.74) is 7.35. The first kappa shape index (κ1) is 15.0. The van der Waals surface area contributed by atoms with Gasteiger partial charge in [0.25, 0.3) is 0 Å². The summed E-state index contributed by atoms with van der Waals surface area (Å²) >= 11 is 0. The summed E-state index contributed by atoms with van der Waals surface area (Å²) in [5.74, 6) is -0.985. The number of aromatic carboxylic acids is 1. The molecule has 1 amide bonds. The van der Waals surface area contributed by atoms with Gasteiger partial charge in [0.15, 0.2) is 0 Å². The number of benzene rings is 1. The molecule has 1 aromatic carbocycles. The monoisotopic (exact) mass is 293 g/mol. The Morgan fingerprint density at radius 3 is 2.52 bits per heavy atom. The summed E-state index contributed by atoms with van der Waals surface area (Å²) in [5, 5.41) is 9.04. The van der Waals surface area contributed by atoms with Crippen molar-refractivity contribution in [3.63, 3.8) is 0 Å². The molecule has 1 aromatic rings. The number of rotatable bonds is 3. The number of nitrogen functional groups attached to an aromatic ring is 1. The SMILES string of the molecule is CCOC(=O)N1CCN(c2cc(C(=O)O)ccc2N)CC1. The van der Waals surface area contributed by atoms with Gasteiger partial charge in [0.1, 0.15) is 0 Å². The van der Waals surface area contributed by atoms with Crippen molar-refractivity contribution in [1.82, 2.24) is 4.90 Å². The van der Waals surface area contributed by atoms with Crippen LogP contribution in [0.1, 0.15) is 17.3 Å². The van der Waals surface area contributed by atoms with Gasteiger partial charge in [-0.25, -0.2) is 9.59 Å². The van der Waals surface area contributed by atoms with Gasteiger partial charge in [0, 0.05) is 26.2 Å². The highest BCUT2D eigenvalue weighted by Gasteiger charge is 2.23. The van der Waals surface area contributed by atoms with E-state index < -0.39 is 5.97 Å². The third-order valence-corrected chi connectivity index (χ3v) is 3.42. The van der Waals surface area contributed by atoms with Crippen LogP contribution in [0.2, 0.25) is 0 Å². The second kappa shape index (κ2) is 6.34. The van der Waals surface area contributed by atoms with Gasteiger partial charge in [-0.1, -0.05) is 0 Å². The lowest BCUT2D eigenvalue weighted by atomic mass is 10.1. The minimum Gasteiger partial charge on any atom is -0.478 e. The van der Waals surface area contributed by atoms with Gasteiger partial charge in [-0.2, -0.15) is 0 Å². The van der Waals surface area contributed by atoms with Crippen LogP contribution in [0.3, 0.4) is 0 Å². The number of ether oxygens (including phenoxy) is 1. The Balaban J connectivity index is 2.07. The van der Waals surface area contributed by atoms with Crippen LogP contribution in [0.25, 0.3) is 0 Å². The number of hydrogen-bond donors (Lipinski definition) is 2. The molecular weight excluding hydrogens is 274 g/mol. The smallest absolute Gasteiger partial charge is 0.409 e. The van der Waals surface area contributed by atoms with Gasteiger partial charge in [0.2, 0.25) is 0 Å². The summed E-state index contributed by atoms with van der Waals surface area (Å²) in [6.07, 6.45) is -0.315. The van der Waals surface area contributed by atoms with Crippen molar-refractivity contribution in [1.29, 1.82) is 0 Å². The van der Waals surface area contributed by atoms with Gasteiger partial charge >= 0.3 is 12.1 Å². The third kappa shape index (κ3) is 3.36. The van der Waals surface area contributed by atoms with E-state index in [1.807, 2.05) is 4.90 Å². The zero-order valence-corrected chi connectivity index (χ0v) is 11.9. The van der Waals surface area contributed by atoms with E-state index in [-0.39, 0.29) is 11.7 Å². The van der Waals surface area contributed by atoms with Crippen LogP contribution in [-0.4, -0.2) is 54.9 Å². The quantitative estimate of drug-likeness (QED) is 0.814. The van der Waals surface area contributed by atoms with Crippen molar-refractivity contribution < 1.29 is 19.4 Å². The number of amides is 1. The van der Waals surface area contributed by atoms with E-state index in [9.17, 15) is 9.59 Å². The Kier molecular flexibility index (Phi) is 4.52. The molecule has 0 atom stereocenters. The molecule has 0 bridgehead atoms. The highest BCUT2D eigenvalue weighted by molar-refractivity contribution is 5.90. The van der Waals surface area contributed by atoms with Gasteiger partial charge in [-0.05, 0) is 25.1 Å². The standard InChI is InChI=1S/C14H19N3O4/c1-2-21-14(20)17-7-5-16(6-8-17)12-9-10(13(18)19)3-4-11(12)15/h3-4,9H,2,5-8,15H2,1H3,(H,18,19). The first-order chi connectivity index (χ1) is 10.0. The molecule has 0 unspecified atom stereocenters. The number of carbonyl (C=O) groups is 2. The average Bonchev–Trinajstić information content (AvgIpc) is 2.48. The molecule has 1 saturated heterocycles. The van der Waals surface area contributed by atoms with E-state index >= 15 is 0 Å². The molecule has 3 N–H and O–H groups in total. The lowest BCUT2D eigenvalue weighted by Crippen LogP contribution is -2.49. The van der Waals surface area contributed by atoms with E-state index in [1.54, 1.807) is 24.0 Å². The zero-order chi connectivity index (χ0) is 15.4. The van der Waals surface area contributed by atoms with E-state index in [0.717, 1.165) is 0 Å². The highest BCUT2D eigenvalue weighted by atomic mass is 16.6. The van der Waals surface area contributed by atoms with Crippen molar-refractivity contribution >= 4 is 23.4 Å². The molecule has 2 rings (SSSR count). The van der Waals surface area contributed by atoms with E-state index in [2.05, 4.69) is 0 Å². The Bertz CT molecular complexity index is 539. The van der Waals surface area contributed by atoms with Crippen LogP contribution in [0, 0.1) is 0 Å². The van der Waals surface area contributed by atoms with Gasteiger partial charge < -0.3 is 25.4 Å². The number of piperazine rings is 1. The normalized spacial score (nSPS) is 14.9. The number of carboxylic acid groups (broad SMARTS) is 1. The molecule has 0 aromatic heterocycles. The molecule has 0 radical (unpaired) electrons. The number of carboxylic acids is 1. The predicted octanol–water partition coefficient (Wildman–Crippen LogP) is 1.25. The molecule has 21 heavy (non-hydrogen) atoms. The summed E-state index contributed by atoms with van der Waals surface area (Å²) in [6.45, 7) is 4.35. The Labute approximate surface area is 122 Å². The van der Waals surface area contributed by atoms with Crippen LogP contribution in [0.4, 0.5) is 16.2 Å². The molecule has 1 aliphatic heterocycles. The van der Waals surface area contributed by atoms with Gasteiger partial charge in [0.05, 0.1) is 23.5 Å². The second-order valence-electron chi connectivity index (χ2n) is 4.75. The number of nitrogens with two attached hydrogens (primary N) is 1. The van der Waals surface area contributed by atoms with Crippen molar-refractivity contribution in [2.24, 2.45) is 0 Å². The fourth-order valence-corrected chi connectivity index (χ4v) is 2.30. The third-order valence-electron chi connectivity index (χ3n) is 3.42. The summed E-state index contributed by atoms with van der Waals surface area (Å²) in [4.78, 5) is 26.3. The van der Waals surface area contributed by atoms with Crippen LogP contribution in [0.5, 0.6) is 0 Å². The predicted molar refractivity (Wildman–Crippen MR) is 78.6 cm³/mol. The van der Waals surface area contributed by atoms with Crippen LogP contribution < -0.4 is 10.6 Å². The van der Waals surface area contributed by atoms with Crippen molar-refractivity contribution in [3.8, 4) is 0 Å². The van der Waals surface area contributed by atoms with Gasteiger partial charge in [-0.15, -0.1) is 0 Å². The molecule has 1 fully saturated rings. The Morgan fingerprint density at radius 2 is 1.95 bits per heavy atom. The number of anilines is 2. The van der Waals surface area contributed by atoms with Crippen molar-refractivity contribution in [3.05, 3.63) is 23.8 Å². The number of nitrogens with zero attached hydrogens (tertiary/aromatic N) is 2. The van der Waals surface area contributed by atoms with Crippen LogP contribution in [0.15, 0.2) is 18.2 Å². The Morgan fingerprint density at radius 1 is 1.29 bits per heavy atom. The molecule has 0 saturated carbocycles. The number of carbonyl (C=O) groups excluding carboxylic acids is 1. The van der Waals surface area contributed by atoms with Gasteiger partial charge in [-0.3, -0.25) is 0 Å². The zero-order valence-electron chi connectivity index (χ0n) is 11.9. The molecule has 114 valence electrons. The summed E-state index contributed by atoms with van der Waals surface area (Å²) in [7, 11) is 0. The topological polar surface area (TPSA) is 96.1 Å². The van der Waals surface area contributed by atoms with E-state index in [0.29, 0.717) is 44.2 Å². The van der Waals surface area contributed by atoms with Crippen molar-refractivity contribution in [2.75, 3.05) is 43.4 Å². The Hall–Kier alpha value is -2.44. The molecular formula is C14H19N3O4. The maximum atomic E-state index is 11.6. The second-order valence-corrected chi connectivity index (χ2v) is 4.75. The summed E-state index contributed by atoms with van der Waals surface area (Å²) in [6, 6.07) is 4.64. The first-order valence-corrected chi connectivity index (χ1v) is 6.82. The molecule has 0 spiro atoms. The first-order valence-electron chi connectivity index (χ1n) is 6.82. The molecule has 7 nitrogen and oxygen atoms in total. The highest BCUT2D eigenvalue weighted by Crippen LogP contribution is 2.26. The van der Waals surface area contributed by atoms with E-state index in [4.69, 9.17) is 15.6 Å². The lowest BCUT2D eigenvalue weighted by Gasteiger charge is -2.36. The van der Waals surface area contributed by atoms with Crippen LogP contribution >= 0.6 is 0 Å². The minimum atomic E-state index is -0.985. The van der Waals surface area contributed by atoms with Crippen molar-refractivity contribution in [2.45, 2.75) is 6.92 Å². The fourth-order valence-electron chi connectivity index (χ4n) is 2.30. The molecule has 1 heterocycles. The largest absolute Gasteiger partial charge is 0.478 e. The van der Waals surface area contributed by atoms with E-state index in [1.165, 1.54) is 6.07 Å². The fraction of sp³-hybridized carbons (Fsp3) is 0.429. The average molecular weight is 293 g/mol. The molecule has 7 heteroatoms. The van der Waals surface area contributed by atoms with Crippen LogP contribution in [-0.2, 0) is 4.74 Å². The maximum absolute atomic E-state index is 11.6. The lowest BCUT2D eigenvalue weighted by molar-refractivity contribution is 0.0697.